The van der Waals surface area contributed by atoms with Gasteiger partial charge in [0, 0.05) is 40.6 Å². The van der Waals surface area contributed by atoms with E-state index in [1.54, 1.807) is 41.1 Å². The number of hydrogen-bond donors (Lipinski definition) is 0. The quantitative estimate of drug-likeness (QED) is 0.309. The number of unbranched alkanes of at least 4 members (excludes halogenated alkanes) is 1. The van der Waals surface area contributed by atoms with Crippen molar-refractivity contribution in [2.45, 2.75) is 45.1 Å². The minimum atomic E-state index is -3.83. The lowest BCUT2D eigenvalue weighted by Crippen LogP contribution is -2.32. The highest BCUT2D eigenvalue weighted by Crippen LogP contribution is 2.32. The fourth-order valence-corrected chi connectivity index (χ4v) is 5.78. The summed E-state index contributed by atoms with van der Waals surface area (Å²) in [7, 11) is -3.83. The maximum absolute atomic E-state index is 13.4. The van der Waals surface area contributed by atoms with Crippen LogP contribution in [0.25, 0.3) is 10.9 Å². The number of halogens is 2. The van der Waals surface area contributed by atoms with Crippen molar-refractivity contribution in [3.05, 3.63) is 52.0 Å². The van der Waals surface area contributed by atoms with E-state index in [4.69, 9.17) is 28.3 Å². The molecule has 0 N–H and O–H groups in total. The first kappa shape index (κ1) is 26.3. The number of nitrogens with zero attached hydrogens (tertiary/aromatic N) is 5. The molecule has 0 spiro atoms. The molecular formula is C24H29Cl2N5O2S. The maximum Gasteiger partial charge on any atom is 0.244 e. The van der Waals surface area contributed by atoms with Crippen LogP contribution >= 0.6 is 23.2 Å². The molecule has 1 heterocycles. The van der Waals surface area contributed by atoms with Crippen molar-refractivity contribution in [2.75, 3.05) is 31.1 Å². The molecule has 0 atom stereocenters. The van der Waals surface area contributed by atoms with Gasteiger partial charge in [0.15, 0.2) is 5.82 Å². The molecule has 0 unspecified atom stereocenters. The molecule has 1 aromatic heterocycles. The Labute approximate surface area is 211 Å². The van der Waals surface area contributed by atoms with E-state index >= 15 is 0 Å². The average Bonchev–Trinajstić information content (AvgIpc) is 3.17. The van der Waals surface area contributed by atoms with Gasteiger partial charge in [-0.15, -0.1) is 0 Å². The molecule has 34 heavy (non-hydrogen) atoms. The molecule has 0 amide bonds. The van der Waals surface area contributed by atoms with Crippen molar-refractivity contribution in [3.63, 3.8) is 0 Å². The highest BCUT2D eigenvalue weighted by molar-refractivity contribution is 7.89. The molecule has 0 aliphatic carbocycles. The van der Waals surface area contributed by atoms with Crippen molar-refractivity contribution >= 4 is 49.9 Å². The summed E-state index contributed by atoms with van der Waals surface area (Å²) in [5.74, 6) is 0.695. The van der Waals surface area contributed by atoms with Crippen LogP contribution in [0.3, 0.4) is 0 Å². The summed E-state index contributed by atoms with van der Waals surface area (Å²) in [4.78, 5) is 2.23. The van der Waals surface area contributed by atoms with Crippen LogP contribution < -0.4 is 4.90 Å². The number of hydrogen-bond acceptors (Lipinski definition) is 5. The Balaban J connectivity index is 2.15. The van der Waals surface area contributed by atoms with Gasteiger partial charge in [0.1, 0.15) is 6.54 Å². The zero-order valence-electron chi connectivity index (χ0n) is 19.6. The summed E-state index contributed by atoms with van der Waals surface area (Å²) < 4.78 is 29.8. The van der Waals surface area contributed by atoms with Gasteiger partial charge in [0.25, 0.3) is 0 Å². The minimum absolute atomic E-state index is 0.148. The van der Waals surface area contributed by atoms with Crippen LogP contribution in [0.5, 0.6) is 0 Å². The van der Waals surface area contributed by atoms with Crippen molar-refractivity contribution in [1.29, 1.82) is 5.26 Å². The maximum atomic E-state index is 13.4. The first-order valence-corrected chi connectivity index (χ1v) is 13.5. The third-order valence-electron chi connectivity index (χ3n) is 5.78. The lowest BCUT2D eigenvalue weighted by Gasteiger charge is -2.20. The standard InChI is InChI=1S/C24H29Cl2N5O2S/c1-4-7-14-30(15-13-27)34(32,33)18-11-12-23-19(16-18)24(29(5-2)6-3)28-31(23)17-20-21(25)9-8-10-22(20)26/h8-12,16H,4-7,14-15,17H2,1-3H3. The van der Waals surface area contributed by atoms with E-state index < -0.39 is 10.0 Å². The van der Waals surface area contributed by atoms with Gasteiger partial charge in [-0.2, -0.15) is 14.7 Å². The van der Waals surface area contributed by atoms with Gasteiger partial charge >= 0.3 is 0 Å². The molecule has 0 fully saturated rings. The van der Waals surface area contributed by atoms with Crippen LogP contribution in [0.2, 0.25) is 10.0 Å². The van der Waals surface area contributed by atoms with Crippen molar-refractivity contribution in [1.82, 2.24) is 14.1 Å². The number of fused-ring (bicyclic) bond motifs is 1. The van der Waals surface area contributed by atoms with E-state index in [2.05, 4.69) is 4.90 Å². The summed E-state index contributed by atoms with van der Waals surface area (Å²) in [5, 5.41) is 15.8. The van der Waals surface area contributed by atoms with Crippen LogP contribution in [0.4, 0.5) is 5.82 Å². The molecule has 10 heteroatoms. The highest BCUT2D eigenvalue weighted by Gasteiger charge is 2.26. The van der Waals surface area contributed by atoms with Crippen molar-refractivity contribution in [2.24, 2.45) is 0 Å². The number of nitriles is 1. The van der Waals surface area contributed by atoms with Crippen LogP contribution in [-0.4, -0.2) is 48.7 Å². The predicted molar refractivity (Wildman–Crippen MR) is 138 cm³/mol. The number of anilines is 1. The van der Waals surface area contributed by atoms with E-state index in [1.165, 1.54) is 4.31 Å². The molecule has 3 rings (SSSR count). The second-order valence-corrected chi connectivity index (χ2v) is 10.6. The summed E-state index contributed by atoms with van der Waals surface area (Å²) in [6, 6.07) is 12.3. The number of aromatic nitrogens is 2. The van der Waals surface area contributed by atoms with Crippen LogP contribution in [0, 0.1) is 11.3 Å². The Kier molecular flexibility index (Phi) is 8.83. The van der Waals surface area contributed by atoms with E-state index in [9.17, 15) is 13.7 Å². The summed E-state index contributed by atoms with van der Waals surface area (Å²) >= 11 is 12.8. The van der Waals surface area contributed by atoms with Gasteiger partial charge in [-0.05, 0) is 50.6 Å². The SMILES string of the molecule is CCCCN(CC#N)S(=O)(=O)c1ccc2c(c1)c(N(CC)CC)nn2Cc1c(Cl)cccc1Cl. The molecule has 0 aliphatic heterocycles. The molecule has 3 aromatic rings. The van der Waals surface area contributed by atoms with Crippen molar-refractivity contribution < 1.29 is 8.42 Å². The predicted octanol–water partition coefficient (Wildman–Crippen LogP) is 5.55. The molecule has 0 aliphatic rings. The summed E-state index contributed by atoms with van der Waals surface area (Å²) in [5.41, 5.74) is 1.52. The Morgan fingerprint density at radius 3 is 2.35 bits per heavy atom. The molecule has 7 nitrogen and oxygen atoms in total. The lowest BCUT2D eigenvalue weighted by atomic mass is 10.2. The first-order valence-electron chi connectivity index (χ1n) is 11.3. The fraction of sp³-hybridized carbons (Fsp3) is 0.417. The Bertz CT molecular complexity index is 1280. The van der Waals surface area contributed by atoms with Gasteiger partial charge in [0.05, 0.1) is 23.0 Å². The van der Waals surface area contributed by atoms with E-state index in [1.807, 2.05) is 26.8 Å². The second-order valence-electron chi connectivity index (χ2n) is 7.88. The summed E-state index contributed by atoms with van der Waals surface area (Å²) in [6.07, 6.45) is 1.52. The smallest absolute Gasteiger partial charge is 0.244 e. The lowest BCUT2D eigenvalue weighted by molar-refractivity contribution is 0.435. The second kappa shape index (κ2) is 11.4. The normalized spacial score (nSPS) is 11.8. The molecular weight excluding hydrogens is 493 g/mol. The van der Waals surface area contributed by atoms with Gasteiger partial charge in [0.2, 0.25) is 10.0 Å². The van der Waals surface area contributed by atoms with Crippen LogP contribution in [0.15, 0.2) is 41.3 Å². The van der Waals surface area contributed by atoms with Gasteiger partial charge in [-0.25, -0.2) is 8.42 Å². The van der Waals surface area contributed by atoms with Crippen LogP contribution in [-0.2, 0) is 16.6 Å². The molecule has 0 bridgehead atoms. The van der Waals surface area contributed by atoms with E-state index in [0.29, 0.717) is 48.5 Å². The van der Waals surface area contributed by atoms with Gasteiger partial charge in [-0.1, -0.05) is 42.6 Å². The summed E-state index contributed by atoms with van der Waals surface area (Å²) in [6.45, 7) is 7.93. The fourth-order valence-electron chi connectivity index (χ4n) is 3.86. The molecule has 0 saturated heterocycles. The van der Waals surface area contributed by atoms with E-state index in [0.717, 1.165) is 22.9 Å². The zero-order valence-corrected chi connectivity index (χ0v) is 22.0. The Morgan fingerprint density at radius 2 is 1.76 bits per heavy atom. The van der Waals surface area contributed by atoms with Gasteiger partial charge in [-0.3, -0.25) is 4.68 Å². The molecule has 0 saturated carbocycles. The average molecular weight is 523 g/mol. The van der Waals surface area contributed by atoms with Crippen molar-refractivity contribution in [3.8, 4) is 6.07 Å². The third kappa shape index (κ3) is 5.33. The third-order valence-corrected chi connectivity index (χ3v) is 8.33. The Morgan fingerprint density at radius 1 is 1.09 bits per heavy atom. The minimum Gasteiger partial charge on any atom is -0.355 e. The molecule has 182 valence electrons. The topological polar surface area (TPSA) is 82.2 Å². The number of sulfonamides is 1. The number of rotatable bonds is 11. The Hall–Kier alpha value is -2.31. The monoisotopic (exact) mass is 521 g/mol. The molecule has 2 aromatic carbocycles. The van der Waals surface area contributed by atoms with Gasteiger partial charge < -0.3 is 4.90 Å². The molecule has 0 radical (unpaired) electrons. The first-order chi connectivity index (χ1) is 16.3. The highest BCUT2D eigenvalue weighted by atomic mass is 35.5. The van der Waals surface area contributed by atoms with E-state index in [-0.39, 0.29) is 11.4 Å². The zero-order chi connectivity index (χ0) is 24.9. The largest absolute Gasteiger partial charge is 0.355 e. The van der Waals surface area contributed by atoms with Crippen LogP contribution in [0.1, 0.15) is 39.2 Å². The number of benzene rings is 2.